The maximum atomic E-state index is 13.5. The maximum Gasteiger partial charge on any atom is 0.231 e. The number of benzene rings is 2. The van der Waals surface area contributed by atoms with Crippen molar-refractivity contribution in [2.45, 2.75) is 6.54 Å². The van der Waals surface area contributed by atoms with E-state index in [1.807, 2.05) is 0 Å². The van der Waals surface area contributed by atoms with Crippen molar-refractivity contribution < 1.29 is 27.8 Å². The molecular weight excluding hydrogens is 287 g/mol. The van der Waals surface area contributed by atoms with Crippen LogP contribution in [0.5, 0.6) is 17.2 Å². The van der Waals surface area contributed by atoms with Crippen molar-refractivity contribution in [3.8, 4) is 17.2 Å². The number of fused-ring (bicyclic) bond motifs is 1. The van der Waals surface area contributed by atoms with Gasteiger partial charge in [-0.05, 0) is 18.2 Å². The van der Waals surface area contributed by atoms with Crippen LogP contribution in [0.2, 0.25) is 0 Å². The van der Waals surface area contributed by atoms with Crippen molar-refractivity contribution in [2.24, 2.45) is 0 Å². The Hall–Kier alpha value is -2.57. The molecule has 1 heterocycles. The van der Waals surface area contributed by atoms with Crippen LogP contribution in [-0.4, -0.2) is 11.9 Å². The van der Waals surface area contributed by atoms with E-state index in [-0.39, 0.29) is 24.8 Å². The molecule has 2 aromatic carbocycles. The highest BCUT2D eigenvalue weighted by molar-refractivity contribution is 5.53. The van der Waals surface area contributed by atoms with Gasteiger partial charge in [-0.2, -0.15) is 0 Å². The van der Waals surface area contributed by atoms with Crippen molar-refractivity contribution >= 4 is 5.69 Å². The Balaban J connectivity index is 1.81. The lowest BCUT2D eigenvalue weighted by atomic mass is 10.1. The molecule has 2 N–H and O–H groups in total. The topological polar surface area (TPSA) is 50.7 Å². The Bertz CT molecular complexity index is 706. The number of anilines is 1. The first-order chi connectivity index (χ1) is 10.1. The second-order valence-electron chi connectivity index (χ2n) is 4.41. The first-order valence-electron chi connectivity index (χ1n) is 6.05. The fourth-order valence-electron chi connectivity index (χ4n) is 1.97. The Kier molecular flexibility index (Phi) is 3.25. The molecule has 0 aromatic heterocycles. The lowest BCUT2D eigenvalue weighted by Gasteiger charge is -2.10. The molecule has 21 heavy (non-hydrogen) atoms. The summed E-state index contributed by atoms with van der Waals surface area (Å²) in [5.74, 6) is -3.32. The van der Waals surface area contributed by atoms with Crippen molar-refractivity contribution in [1.29, 1.82) is 0 Å². The van der Waals surface area contributed by atoms with Gasteiger partial charge in [0.05, 0.1) is 5.69 Å². The largest absolute Gasteiger partial charge is 0.507 e. The molecule has 0 amide bonds. The molecule has 1 aliphatic rings. The summed E-state index contributed by atoms with van der Waals surface area (Å²) in [5.41, 5.74) is 0.203. The minimum atomic E-state index is -1.55. The summed E-state index contributed by atoms with van der Waals surface area (Å²) in [6.07, 6.45) is 0. The van der Waals surface area contributed by atoms with Crippen LogP contribution in [0.15, 0.2) is 24.3 Å². The normalized spacial score (nSPS) is 12.5. The molecule has 2 aromatic rings. The van der Waals surface area contributed by atoms with E-state index in [0.717, 1.165) is 12.1 Å². The van der Waals surface area contributed by atoms with Crippen molar-refractivity contribution in [1.82, 2.24) is 0 Å². The van der Waals surface area contributed by atoms with Crippen LogP contribution in [0.4, 0.5) is 18.9 Å². The van der Waals surface area contributed by atoms with Crippen LogP contribution in [0.3, 0.4) is 0 Å². The van der Waals surface area contributed by atoms with E-state index in [1.54, 1.807) is 0 Å². The zero-order valence-corrected chi connectivity index (χ0v) is 10.6. The Morgan fingerprint density at radius 3 is 2.52 bits per heavy atom. The molecule has 0 spiro atoms. The molecule has 3 rings (SSSR count). The number of ether oxygens (including phenoxy) is 2. The van der Waals surface area contributed by atoms with Crippen LogP contribution < -0.4 is 14.8 Å². The molecular formula is C14H10F3NO3. The number of hydrogen-bond acceptors (Lipinski definition) is 4. The van der Waals surface area contributed by atoms with E-state index in [2.05, 4.69) is 5.32 Å². The van der Waals surface area contributed by atoms with Gasteiger partial charge in [0.1, 0.15) is 5.75 Å². The quantitative estimate of drug-likeness (QED) is 0.855. The minimum absolute atomic E-state index is 0.00443. The zero-order chi connectivity index (χ0) is 15.0. The van der Waals surface area contributed by atoms with Gasteiger partial charge < -0.3 is 19.9 Å². The molecule has 0 aliphatic carbocycles. The summed E-state index contributed by atoms with van der Waals surface area (Å²) in [4.78, 5) is 0. The highest BCUT2D eigenvalue weighted by Gasteiger charge is 2.18. The molecule has 0 saturated heterocycles. The third-order valence-corrected chi connectivity index (χ3v) is 3.08. The van der Waals surface area contributed by atoms with Gasteiger partial charge in [0, 0.05) is 18.2 Å². The van der Waals surface area contributed by atoms with Crippen LogP contribution >= 0.6 is 0 Å². The molecule has 0 atom stereocenters. The third-order valence-electron chi connectivity index (χ3n) is 3.08. The number of phenolic OH excluding ortho intramolecular Hbond substituents is 1. The fraction of sp³-hybridized carbons (Fsp3) is 0.143. The van der Waals surface area contributed by atoms with E-state index >= 15 is 0 Å². The lowest BCUT2D eigenvalue weighted by molar-refractivity contribution is 0.174. The number of rotatable bonds is 3. The van der Waals surface area contributed by atoms with E-state index < -0.39 is 17.5 Å². The highest BCUT2D eigenvalue weighted by Crippen LogP contribution is 2.37. The second-order valence-corrected chi connectivity index (χ2v) is 4.41. The second kappa shape index (κ2) is 5.08. The molecule has 0 saturated carbocycles. The van der Waals surface area contributed by atoms with Gasteiger partial charge in [0.15, 0.2) is 29.0 Å². The lowest BCUT2D eigenvalue weighted by Crippen LogP contribution is -2.04. The van der Waals surface area contributed by atoms with Gasteiger partial charge in [-0.1, -0.05) is 0 Å². The number of phenols is 1. The molecule has 0 fully saturated rings. The van der Waals surface area contributed by atoms with Crippen LogP contribution in [0, 0.1) is 17.5 Å². The van der Waals surface area contributed by atoms with Gasteiger partial charge in [-0.15, -0.1) is 0 Å². The van der Waals surface area contributed by atoms with Gasteiger partial charge >= 0.3 is 0 Å². The van der Waals surface area contributed by atoms with Crippen molar-refractivity contribution in [2.75, 3.05) is 12.1 Å². The Morgan fingerprint density at radius 1 is 1.05 bits per heavy atom. The minimum Gasteiger partial charge on any atom is -0.507 e. The van der Waals surface area contributed by atoms with E-state index in [4.69, 9.17) is 9.47 Å². The van der Waals surface area contributed by atoms with Gasteiger partial charge in [-0.3, -0.25) is 0 Å². The summed E-state index contributed by atoms with van der Waals surface area (Å²) >= 11 is 0. The van der Waals surface area contributed by atoms with Crippen molar-refractivity contribution in [3.05, 3.63) is 47.3 Å². The fourth-order valence-corrected chi connectivity index (χ4v) is 1.97. The predicted octanol–water partition coefficient (Wildman–Crippen LogP) is 3.15. The molecule has 0 bridgehead atoms. The Morgan fingerprint density at radius 2 is 1.76 bits per heavy atom. The van der Waals surface area contributed by atoms with E-state index in [9.17, 15) is 18.3 Å². The predicted molar refractivity (Wildman–Crippen MR) is 67.9 cm³/mol. The number of nitrogens with one attached hydrogen (secondary N) is 1. The summed E-state index contributed by atoms with van der Waals surface area (Å²) in [5, 5.41) is 12.4. The van der Waals surface area contributed by atoms with Crippen molar-refractivity contribution in [3.63, 3.8) is 0 Å². The van der Waals surface area contributed by atoms with Gasteiger partial charge in [0.25, 0.3) is 0 Å². The zero-order valence-electron chi connectivity index (χ0n) is 10.6. The average Bonchev–Trinajstić information content (AvgIpc) is 2.91. The molecule has 0 radical (unpaired) electrons. The Labute approximate surface area is 117 Å². The van der Waals surface area contributed by atoms with E-state index in [0.29, 0.717) is 17.1 Å². The SMILES string of the molecule is Oc1cc2c(cc1CNc1ccc(F)c(F)c1F)OCO2. The highest BCUT2D eigenvalue weighted by atomic mass is 19.2. The number of hydrogen-bond donors (Lipinski definition) is 2. The van der Waals surface area contributed by atoms with Crippen LogP contribution in [-0.2, 0) is 6.54 Å². The smallest absolute Gasteiger partial charge is 0.231 e. The summed E-state index contributed by atoms with van der Waals surface area (Å²) in [6, 6.07) is 4.81. The molecule has 1 aliphatic heterocycles. The number of aromatic hydroxyl groups is 1. The van der Waals surface area contributed by atoms with Gasteiger partial charge in [-0.25, -0.2) is 13.2 Å². The standard InChI is InChI=1S/C14H10F3NO3/c15-8-1-2-9(14(17)13(8)16)18-5-7-3-11-12(4-10(7)19)21-6-20-11/h1-4,18-19H,5-6H2. The molecule has 4 nitrogen and oxygen atoms in total. The van der Waals surface area contributed by atoms with E-state index in [1.165, 1.54) is 12.1 Å². The molecule has 7 heteroatoms. The van der Waals surface area contributed by atoms with Crippen LogP contribution in [0.25, 0.3) is 0 Å². The maximum absolute atomic E-state index is 13.5. The van der Waals surface area contributed by atoms with Gasteiger partial charge in [0.2, 0.25) is 6.79 Å². The average molecular weight is 297 g/mol. The number of halogens is 3. The monoisotopic (exact) mass is 297 g/mol. The third kappa shape index (κ3) is 2.42. The molecule has 110 valence electrons. The first kappa shape index (κ1) is 13.4. The summed E-state index contributed by atoms with van der Waals surface area (Å²) in [6.45, 7) is 0.0634. The first-order valence-corrected chi connectivity index (χ1v) is 6.05. The summed E-state index contributed by atoms with van der Waals surface area (Å²) < 4.78 is 49.7. The summed E-state index contributed by atoms with van der Waals surface area (Å²) in [7, 11) is 0. The van der Waals surface area contributed by atoms with Crippen LogP contribution in [0.1, 0.15) is 5.56 Å². The molecule has 0 unspecified atom stereocenters.